The van der Waals surface area contributed by atoms with Gasteiger partial charge < -0.3 is 5.73 Å². The second-order valence-electron chi connectivity index (χ2n) is 3.74. The summed E-state index contributed by atoms with van der Waals surface area (Å²) in [7, 11) is 0. The molecule has 1 aromatic rings. The van der Waals surface area contributed by atoms with Crippen molar-refractivity contribution in [3.63, 3.8) is 0 Å². The molecule has 0 aliphatic heterocycles. The highest BCUT2D eigenvalue weighted by molar-refractivity contribution is 5.19. The molecule has 3 heteroatoms. The van der Waals surface area contributed by atoms with E-state index < -0.39 is 0 Å². The van der Waals surface area contributed by atoms with Gasteiger partial charge in [-0.3, -0.25) is 0 Å². The van der Waals surface area contributed by atoms with Crippen molar-refractivity contribution in [2.75, 3.05) is 5.73 Å². The van der Waals surface area contributed by atoms with Crippen molar-refractivity contribution in [3.8, 4) is 0 Å². The summed E-state index contributed by atoms with van der Waals surface area (Å²) < 4.78 is 0. The molecule has 0 amide bonds. The molecule has 0 aromatic carbocycles. The van der Waals surface area contributed by atoms with Crippen LogP contribution in [0.3, 0.4) is 0 Å². The van der Waals surface area contributed by atoms with Crippen LogP contribution in [0.2, 0.25) is 0 Å². The van der Waals surface area contributed by atoms with E-state index in [1.54, 1.807) is 6.20 Å². The van der Waals surface area contributed by atoms with Crippen molar-refractivity contribution < 1.29 is 0 Å². The van der Waals surface area contributed by atoms with Crippen LogP contribution in [-0.2, 0) is 0 Å². The Morgan fingerprint density at radius 1 is 1.43 bits per heavy atom. The van der Waals surface area contributed by atoms with E-state index in [1.165, 1.54) is 25.7 Å². The predicted octanol–water partition coefficient (Wildman–Crippen LogP) is 2.74. The average Bonchev–Trinajstić information content (AvgIpc) is 2.18. The largest absolute Gasteiger partial charge is 0.368 e. The van der Waals surface area contributed by atoms with Gasteiger partial charge in [0.1, 0.15) is 0 Å². The van der Waals surface area contributed by atoms with Gasteiger partial charge in [0, 0.05) is 11.9 Å². The lowest BCUT2D eigenvalue weighted by Gasteiger charge is -2.10. The van der Waals surface area contributed by atoms with Crippen molar-refractivity contribution in [3.05, 3.63) is 18.0 Å². The summed E-state index contributed by atoms with van der Waals surface area (Å²) in [6.45, 7) is 4.41. The van der Waals surface area contributed by atoms with E-state index in [9.17, 15) is 0 Å². The quantitative estimate of drug-likeness (QED) is 0.731. The van der Waals surface area contributed by atoms with Crippen LogP contribution in [-0.4, -0.2) is 9.97 Å². The highest BCUT2D eigenvalue weighted by atomic mass is 15.0. The van der Waals surface area contributed by atoms with Crippen LogP contribution in [0.5, 0.6) is 0 Å². The van der Waals surface area contributed by atoms with Gasteiger partial charge in [-0.1, -0.05) is 33.1 Å². The Kier molecular flexibility index (Phi) is 4.36. The standard InChI is InChI=1S/C11H19N3/c1-3-4-5-6-9(2)10-7-8-13-11(12)14-10/h7-9H,3-6H2,1-2H3,(H2,12,13,14). The summed E-state index contributed by atoms with van der Waals surface area (Å²) in [6, 6.07) is 1.95. The molecule has 0 aliphatic rings. The number of anilines is 1. The second-order valence-corrected chi connectivity index (χ2v) is 3.74. The van der Waals surface area contributed by atoms with Gasteiger partial charge >= 0.3 is 0 Å². The van der Waals surface area contributed by atoms with Gasteiger partial charge in [-0.25, -0.2) is 9.97 Å². The molecule has 1 atom stereocenters. The first-order valence-corrected chi connectivity index (χ1v) is 5.32. The molecule has 1 heterocycles. The summed E-state index contributed by atoms with van der Waals surface area (Å²) in [5, 5.41) is 0. The fraction of sp³-hybridized carbons (Fsp3) is 0.636. The zero-order valence-corrected chi connectivity index (χ0v) is 9.03. The van der Waals surface area contributed by atoms with Gasteiger partial charge in [0.2, 0.25) is 5.95 Å². The molecule has 0 saturated carbocycles. The van der Waals surface area contributed by atoms with Crippen LogP contribution >= 0.6 is 0 Å². The molecule has 0 spiro atoms. The van der Waals surface area contributed by atoms with Crippen molar-refractivity contribution >= 4 is 5.95 Å². The maximum absolute atomic E-state index is 5.53. The van der Waals surface area contributed by atoms with Gasteiger partial charge in [0.05, 0.1) is 0 Å². The number of hydrogen-bond acceptors (Lipinski definition) is 3. The third-order valence-electron chi connectivity index (χ3n) is 2.44. The highest BCUT2D eigenvalue weighted by Crippen LogP contribution is 2.19. The fourth-order valence-electron chi connectivity index (χ4n) is 1.51. The van der Waals surface area contributed by atoms with Crippen LogP contribution in [0.25, 0.3) is 0 Å². The maximum atomic E-state index is 5.53. The maximum Gasteiger partial charge on any atom is 0.220 e. The lowest BCUT2D eigenvalue weighted by Crippen LogP contribution is -2.01. The molecule has 1 unspecified atom stereocenters. The van der Waals surface area contributed by atoms with Crippen molar-refractivity contribution in [1.82, 2.24) is 9.97 Å². The van der Waals surface area contributed by atoms with E-state index >= 15 is 0 Å². The number of nitrogens with zero attached hydrogens (tertiary/aromatic N) is 2. The molecule has 1 rings (SSSR count). The van der Waals surface area contributed by atoms with Gasteiger partial charge in [0.25, 0.3) is 0 Å². The molecule has 1 aromatic heterocycles. The molecular weight excluding hydrogens is 174 g/mol. The topological polar surface area (TPSA) is 51.8 Å². The minimum atomic E-state index is 0.379. The predicted molar refractivity (Wildman–Crippen MR) is 59.0 cm³/mol. The zero-order valence-electron chi connectivity index (χ0n) is 9.03. The van der Waals surface area contributed by atoms with E-state index in [-0.39, 0.29) is 0 Å². The smallest absolute Gasteiger partial charge is 0.220 e. The minimum absolute atomic E-state index is 0.379. The molecule has 0 bridgehead atoms. The van der Waals surface area contributed by atoms with E-state index in [1.807, 2.05) is 6.07 Å². The third-order valence-corrected chi connectivity index (χ3v) is 2.44. The van der Waals surface area contributed by atoms with Crippen LogP contribution in [0.1, 0.15) is 51.1 Å². The lowest BCUT2D eigenvalue weighted by atomic mass is 10.00. The van der Waals surface area contributed by atoms with Crippen molar-refractivity contribution in [2.45, 2.75) is 45.4 Å². The van der Waals surface area contributed by atoms with Gasteiger partial charge in [-0.2, -0.15) is 0 Å². The Morgan fingerprint density at radius 3 is 2.86 bits per heavy atom. The Bertz CT molecular complexity index is 273. The Balaban J connectivity index is 2.47. The van der Waals surface area contributed by atoms with Crippen LogP contribution in [0, 0.1) is 0 Å². The number of hydrogen-bond donors (Lipinski definition) is 1. The van der Waals surface area contributed by atoms with Crippen LogP contribution in [0.4, 0.5) is 5.95 Å². The molecule has 0 aliphatic carbocycles. The SMILES string of the molecule is CCCCCC(C)c1ccnc(N)n1. The average molecular weight is 193 g/mol. The molecule has 0 saturated heterocycles. The Morgan fingerprint density at radius 2 is 2.21 bits per heavy atom. The van der Waals surface area contributed by atoms with Gasteiger partial charge in [-0.15, -0.1) is 0 Å². The zero-order chi connectivity index (χ0) is 10.4. The first-order chi connectivity index (χ1) is 6.74. The molecule has 14 heavy (non-hydrogen) atoms. The second kappa shape index (κ2) is 5.58. The molecule has 2 N–H and O–H groups in total. The number of aromatic nitrogens is 2. The van der Waals surface area contributed by atoms with Crippen LogP contribution in [0.15, 0.2) is 12.3 Å². The highest BCUT2D eigenvalue weighted by Gasteiger charge is 2.06. The monoisotopic (exact) mass is 193 g/mol. The molecular formula is C11H19N3. The lowest BCUT2D eigenvalue weighted by molar-refractivity contribution is 0.587. The third kappa shape index (κ3) is 3.32. The molecule has 0 fully saturated rings. The molecule has 3 nitrogen and oxygen atoms in total. The summed E-state index contributed by atoms with van der Waals surface area (Å²) in [6.07, 6.45) is 6.74. The Hall–Kier alpha value is -1.12. The summed E-state index contributed by atoms with van der Waals surface area (Å²) in [5.41, 5.74) is 6.59. The molecule has 0 radical (unpaired) electrons. The summed E-state index contributed by atoms with van der Waals surface area (Å²) >= 11 is 0. The van der Waals surface area contributed by atoms with E-state index in [0.717, 1.165) is 5.69 Å². The van der Waals surface area contributed by atoms with Gasteiger partial charge in [-0.05, 0) is 18.4 Å². The number of unbranched alkanes of at least 4 members (excludes halogenated alkanes) is 2. The number of rotatable bonds is 5. The van der Waals surface area contributed by atoms with E-state index in [4.69, 9.17) is 5.73 Å². The first-order valence-electron chi connectivity index (χ1n) is 5.32. The van der Waals surface area contributed by atoms with Crippen LogP contribution < -0.4 is 5.73 Å². The summed E-state index contributed by atoms with van der Waals surface area (Å²) in [5.74, 6) is 0.872. The van der Waals surface area contributed by atoms with Gasteiger partial charge in [0.15, 0.2) is 0 Å². The first kappa shape index (κ1) is 11.0. The number of nitrogens with two attached hydrogens (primary N) is 1. The summed E-state index contributed by atoms with van der Waals surface area (Å²) in [4.78, 5) is 8.10. The number of nitrogen functional groups attached to an aromatic ring is 1. The Labute approximate surface area is 85.8 Å². The normalized spacial score (nSPS) is 12.7. The van der Waals surface area contributed by atoms with E-state index in [2.05, 4.69) is 23.8 Å². The van der Waals surface area contributed by atoms with E-state index in [0.29, 0.717) is 11.9 Å². The minimum Gasteiger partial charge on any atom is -0.368 e. The fourth-order valence-corrected chi connectivity index (χ4v) is 1.51. The molecule has 78 valence electrons. The van der Waals surface area contributed by atoms with Crippen molar-refractivity contribution in [2.24, 2.45) is 0 Å². The van der Waals surface area contributed by atoms with Crippen molar-refractivity contribution in [1.29, 1.82) is 0 Å².